The number of benzene rings is 2. The molecule has 0 spiro atoms. The molecule has 2 aromatic carbocycles. The minimum Gasteiger partial charge on any atom is -0.496 e. The number of carbonyl (C=O) groups excluding carboxylic acids is 2. The van der Waals surface area contributed by atoms with Crippen LogP contribution in [-0.2, 0) is 11.2 Å². The van der Waals surface area contributed by atoms with Crippen LogP contribution in [0.3, 0.4) is 0 Å². The van der Waals surface area contributed by atoms with Crippen LogP contribution >= 0.6 is 0 Å². The highest BCUT2D eigenvalue weighted by molar-refractivity contribution is 6.11. The summed E-state index contributed by atoms with van der Waals surface area (Å²) in [6.07, 6.45) is 1.12. The molecule has 2 aromatic rings. The van der Waals surface area contributed by atoms with Crippen molar-refractivity contribution in [3.63, 3.8) is 0 Å². The number of methoxy groups -OCH3 is 1. The van der Waals surface area contributed by atoms with Gasteiger partial charge in [-0.05, 0) is 42.3 Å². The van der Waals surface area contributed by atoms with E-state index in [1.165, 1.54) is 0 Å². The second-order valence-corrected chi connectivity index (χ2v) is 4.95. The molecule has 1 amide bonds. The number of rotatable bonds is 3. The molecule has 1 aliphatic heterocycles. The molecule has 21 heavy (non-hydrogen) atoms. The van der Waals surface area contributed by atoms with Gasteiger partial charge in [-0.3, -0.25) is 9.59 Å². The van der Waals surface area contributed by atoms with Crippen LogP contribution in [0.25, 0.3) is 0 Å². The molecule has 0 radical (unpaired) electrons. The van der Waals surface area contributed by atoms with E-state index >= 15 is 0 Å². The fourth-order valence-electron chi connectivity index (χ4n) is 2.51. The normalized spacial score (nSPS) is 13.3. The lowest BCUT2D eigenvalue weighted by molar-refractivity contribution is -0.116. The molecule has 106 valence electrons. The first-order chi connectivity index (χ1) is 10.2. The van der Waals surface area contributed by atoms with Crippen LogP contribution < -0.4 is 10.1 Å². The van der Waals surface area contributed by atoms with Crippen molar-refractivity contribution in [2.24, 2.45) is 0 Å². The number of nitrogens with one attached hydrogen (secondary N) is 1. The summed E-state index contributed by atoms with van der Waals surface area (Å²) in [6.45, 7) is 0. The Labute approximate surface area is 122 Å². The van der Waals surface area contributed by atoms with Gasteiger partial charge in [-0.25, -0.2) is 0 Å². The van der Waals surface area contributed by atoms with Gasteiger partial charge in [0, 0.05) is 17.7 Å². The van der Waals surface area contributed by atoms with Crippen LogP contribution in [-0.4, -0.2) is 18.8 Å². The minimum absolute atomic E-state index is 0.0197. The van der Waals surface area contributed by atoms with Crippen LogP contribution in [0.5, 0.6) is 5.75 Å². The number of ether oxygens (including phenoxy) is 1. The molecule has 1 N–H and O–H groups in total. The molecular formula is C17H15NO3. The average Bonchev–Trinajstić information content (AvgIpc) is 2.53. The average molecular weight is 281 g/mol. The number of hydrogen-bond donors (Lipinski definition) is 1. The van der Waals surface area contributed by atoms with E-state index in [9.17, 15) is 9.59 Å². The number of para-hydroxylation sites is 1. The summed E-state index contributed by atoms with van der Waals surface area (Å²) < 4.78 is 5.24. The Morgan fingerprint density at radius 2 is 1.95 bits per heavy atom. The molecule has 0 unspecified atom stereocenters. The van der Waals surface area contributed by atoms with Crippen molar-refractivity contribution in [1.82, 2.24) is 0 Å². The molecule has 1 heterocycles. The predicted molar refractivity (Wildman–Crippen MR) is 79.8 cm³/mol. The lowest BCUT2D eigenvalue weighted by Gasteiger charge is -2.17. The first-order valence-electron chi connectivity index (χ1n) is 6.79. The lowest BCUT2D eigenvalue weighted by Crippen LogP contribution is -2.19. The number of aryl methyl sites for hydroxylation is 1. The topological polar surface area (TPSA) is 55.4 Å². The molecule has 4 nitrogen and oxygen atoms in total. The zero-order valence-electron chi connectivity index (χ0n) is 11.7. The quantitative estimate of drug-likeness (QED) is 0.880. The van der Waals surface area contributed by atoms with Gasteiger partial charge in [0.15, 0.2) is 5.78 Å². The van der Waals surface area contributed by atoms with Gasteiger partial charge in [-0.15, -0.1) is 0 Å². The number of fused-ring (bicyclic) bond motifs is 1. The van der Waals surface area contributed by atoms with Crippen LogP contribution in [0.15, 0.2) is 42.5 Å². The number of hydrogen-bond acceptors (Lipinski definition) is 3. The summed E-state index contributed by atoms with van der Waals surface area (Å²) in [4.78, 5) is 24.0. The second-order valence-electron chi connectivity index (χ2n) is 4.95. The van der Waals surface area contributed by atoms with Gasteiger partial charge < -0.3 is 10.1 Å². The molecule has 0 bridgehead atoms. The number of anilines is 1. The fraction of sp³-hybridized carbons (Fsp3) is 0.176. The van der Waals surface area contributed by atoms with Crippen LogP contribution in [0, 0.1) is 0 Å². The maximum Gasteiger partial charge on any atom is 0.224 e. The highest BCUT2D eigenvalue weighted by atomic mass is 16.5. The SMILES string of the molecule is COc1ccccc1C(=O)c1ccc2c(c1)CCC(=O)N2. The molecule has 0 saturated carbocycles. The first kappa shape index (κ1) is 13.4. The van der Waals surface area contributed by atoms with Crippen LogP contribution in [0.2, 0.25) is 0 Å². The summed E-state index contributed by atoms with van der Waals surface area (Å²) >= 11 is 0. The second kappa shape index (κ2) is 5.40. The summed E-state index contributed by atoms with van der Waals surface area (Å²) in [5.74, 6) is 0.506. The smallest absolute Gasteiger partial charge is 0.224 e. The molecule has 0 fully saturated rings. The number of carbonyl (C=O) groups is 2. The Hall–Kier alpha value is -2.62. The minimum atomic E-state index is -0.0767. The molecule has 0 aliphatic carbocycles. The van der Waals surface area contributed by atoms with Crippen molar-refractivity contribution in [2.45, 2.75) is 12.8 Å². The van der Waals surface area contributed by atoms with E-state index < -0.39 is 0 Å². The predicted octanol–water partition coefficient (Wildman–Crippen LogP) is 2.81. The summed E-state index contributed by atoms with van der Waals surface area (Å²) in [5, 5.41) is 2.81. The van der Waals surface area contributed by atoms with Crippen molar-refractivity contribution in [3.8, 4) is 5.75 Å². The largest absolute Gasteiger partial charge is 0.496 e. The Kier molecular flexibility index (Phi) is 3.44. The highest BCUT2D eigenvalue weighted by Crippen LogP contribution is 2.26. The lowest BCUT2D eigenvalue weighted by atomic mass is 9.96. The number of ketones is 1. The molecule has 4 heteroatoms. The monoisotopic (exact) mass is 281 g/mol. The van der Waals surface area contributed by atoms with E-state index in [-0.39, 0.29) is 11.7 Å². The van der Waals surface area contributed by atoms with Crippen molar-refractivity contribution in [2.75, 3.05) is 12.4 Å². The highest BCUT2D eigenvalue weighted by Gasteiger charge is 2.18. The van der Waals surface area contributed by atoms with Gasteiger partial charge in [-0.1, -0.05) is 12.1 Å². The van der Waals surface area contributed by atoms with Crippen molar-refractivity contribution in [3.05, 3.63) is 59.2 Å². The van der Waals surface area contributed by atoms with E-state index in [1.807, 2.05) is 18.2 Å². The zero-order chi connectivity index (χ0) is 14.8. The summed E-state index contributed by atoms with van der Waals surface area (Å²) in [7, 11) is 1.55. The van der Waals surface area contributed by atoms with E-state index in [1.54, 1.807) is 31.4 Å². The van der Waals surface area contributed by atoms with Gasteiger partial charge in [-0.2, -0.15) is 0 Å². The molecule has 0 aromatic heterocycles. The Morgan fingerprint density at radius 3 is 2.76 bits per heavy atom. The van der Waals surface area contributed by atoms with Gasteiger partial charge >= 0.3 is 0 Å². The van der Waals surface area contributed by atoms with Crippen LogP contribution in [0.1, 0.15) is 27.9 Å². The molecule has 0 saturated heterocycles. The van der Waals surface area contributed by atoms with Crippen molar-refractivity contribution in [1.29, 1.82) is 0 Å². The molecule has 1 aliphatic rings. The molecular weight excluding hydrogens is 266 g/mol. The Bertz CT molecular complexity index is 722. The van der Waals surface area contributed by atoms with Crippen molar-refractivity contribution < 1.29 is 14.3 Å². The van der Waals surface area contributed by atoms with Crippen molar-refractivity contribution >= 4 is 17.4 Å². The third-order valence-corrected chi connectivity index (χ3v) is 3.61. The standard InChI is InChI=1S/C17H15NO3/c1-21-15-5-3-2-4-13(15)17(20)12-6-8-14-11(10-12)7-9-16(19)18-14/h2-6,8,10H,7,9H2,1H3,(H,18,19). The van der Waals surface area contributed by atoms with Gasteiger partial charge in [0.05, 0.1) is 12.7 Å². The Morgan fingerprint density at radius 1 is 1.14 bits per heavy atom. The fourth-order valence-corrected chi connectivity index (χ4v) is 2.51. The maximum absolute atomic E-state index is 12.6. The van der Waals surface area contributed by atoms with Gasteiger partial charge in [0.1, 0.15) is 5.75 Å². The third-order valence-electron chi connectivity index (χ3n) is 3.61. The van der Waals surface area contributed by atoms with E-state index in [4.69, 9.17) is 4.74 Å². The summed E-state index contributed by atoms with van der Waals surface area (Å²) in [6, 6.07) is 12.5. The third kappa shape index (κ3) is 2.52. The molecule has 3 rings (SSSR count). The maximum atomic E-state index is 12.6. The van der Waals surface area contributed by atoms with Gasteiger partial charge in [0.25, 0.3) is 0 Å². The van der Waals surface area contributed by atoms with E-state index in [2.05, 4.69) is 5.32 Å². The molecule has 0 atom stereocenters. The Balaban J connectivity index is 1.97. The van der Waals surface area contributed by atoms with Gasteiger partial charge in [0.2, 0.25) is 5.91 Å². The summed E-state index contributed by atoms with van der Waals surface area (Å²) in [5.41, 5.74) is 2.94. The zero-order valence-corrected chi connectivity index (χ0v) is 11.7. The number of amides is 1. The van der Waals surface area contributed by atoms with E-state index in [0.29, 0.717) is 29.7 Å². The van der Waals surface area contributed by atoms with Crippen LogP contribution in [0.4, 0.5) is 5.69 Å². The first-order valence-corrected chi connectivity index (χ1v) is 6.79. The van der Waals surface area contributed by atoms with E-state index in [0.717, 1.165) is 11.3 Å².